The zero-order valence-corrected chi connectivity index (χ0v) is 12.3. The van der Waals surface area contributed by atoms with Crippen LogP contribution in [0.2, 0.25) is 0 Å². The number of piperidine rings is 2. The fourth-order valence-corrected chi connectivity index (χ4v) is 3.03. The Hall–Kier alpha value is -1.79. The molecule has 3 N–H and O–H groups in total. The Bertz CT molecular complexity index is 426. The highest BCUT2D eigenvalue weighted by Gasteiger charge is 2.37. The Kier molecular flexibility index (Phi) is 5.03. The minimum Gasteiger partial charge on any atom is -0.480 e. The second-order valence-electron chi connectivity index (χ2n) is 5.78. The number of amides is 3. The van der Waals surface area contributed by atoms with Gasteiger partial charge >= 0.3 is 12.0 Å². The predicted octanol–water partition coefficient (Wildman–Crippen LogP) is 0.550. The molecule has 0 bridgehead atoms. The molecule has 0 spiro atoms. The van der Waals surface area contributed by atoms with Crippen LogP contribution in [-0.4, -0.2) is 53.1 Å². The lowest BCUT2D eigenvalue weighted by molar-refractivity contribution is -0.144. The van der Waals surface area contributed by atoms with E-state index < -0.39 is 24.1 Å². The zero-order chi connectivity index (χ0) is 15.4. The molecule has 2 aliphatic rings. The highest BCUT2D eigenvalue weighted by atomic mass is 16.4. The SMILES string of the molecule is CCC1CCN(C(=O)NC2CCCNC2=O)C(C(=O)O)C1. The minimum atomic E-state index is -0.976. The Labute approximate surface area is 124 Å². The van der Waals surface area contributed by atoms with Crippen LogP contribution in [0.15, 0.2) is 0 Å². The van der Waals surface area contributed by atoms with Gasteiger partial charge in [-0.2, -0.15) is 0 Å². The van der Waals surface area contributed by atoms with Gasteiger partial charge in [0.25, 0.3) is 0 Å². The summed E-state index contributed by atoms with van der Waals surface area (Å²) >= 11 is 0. The highest BCUT2D eigenvalue weighted by molar-refractivity contribution is 5.89. The fraction of sp³-hybridized carbons (Fsp3) is 0.786. The van der Waals surface area contributed by atoms with Crippen molar-refractivity contribution in [2.75, 3.05) is 13.1 Å². The topological polar surface area (TPSA) is 98.7 Å². The molecule has 118 valence electrons. The van der Waals surface area contributed by atoms with Crippen LogP contribution in [0, 0.1) is 5.92 Å². The first-order valence-electron chi connectivity index (χ1n) is 7.60. The minimum absolute atomic E-state index is 0.190. The summed E-state index contributed by atoms with van der Waals surface area (Å²) in [6.45, 7) is 3.09. The summed E-state index contributed by atoms with van der Waals surface area (Å²) in [5, 5.41) is 14.7. The maximum atomic E-state index is 12.3. The van der Waals surface area contributed by atoms with E-state index in [1.807, 2.05) is 6.92 Å². The van der Waals surface area contributed by atoms with Gasteiger partial charge in [-0.25, -0.2) is 9.59 Å². The first-order valence-corrected chi connectivity index (χ1v) is 7.60. The molecule has 0 aliphatic carbocycles. The van der Waals surface area contributed by atoms with E-state index in [1.54, 1.807) is 0 Å². The Morgan fingerprint density at radius 2 is 2.19 bits per heavy atom. The summed E-state index contributed by atoms with van der Waals surface area (Å²) in [6, 6.07) is -1.79. The number of likely N-dealkylation sites (tertiary alicyclic amines) is 1. The second-order valence-corrected chi connectivity index (χ2v) is 5.78. The third-order valence-corrected chi connectivity index (χ3v) is 4.42. The number of rotatable bonds is 3. The summed E-state index contributed by atoms with van der Waals surface area (Å²) < 4.78 is 0. The largest absolute Gasteiger partial charge is 0.480 e. The molecular weight excluding hydrogens is 274 g/mol. The van der Waals surface area contributed by atoms with Gasteiger partial charge in [-0.1, -0.05) is 13.3 Å². The summed E-state index contributed by atoms with van der Waals surface area (Å²) in [5.41, 5.74) is 0. The van der Waals surface area contributed by atoms with Gasteiger partial charge in [-0.3, -0.25) is 4.79 Å². The number of hydrogen-bond donors (Lipinski definition) is 3. The third-order valence-electron chi connectivity index (χ3n) is 4.42. The van der Waals surface area contributed by atoms with Gasteiger partial charge in [0, 0.05) is 13.1 Å². The lowest BCUT2D eigenvalue weighted by Gasteiger charge is -2.37. The first kappa shape index (κ1) is 15.6. The number of carbonyl (C=O) groups is 3. The Morgan fingerprint density at radius 3 is 2.81 bits per heavy atom. The van der Waals surface area contributed by atoms with Crippen molar-refractivity contribution in [1.29, 1.82) is 0 Å². The van der Waals surface area contributed by atoms with Crippen LogP contribution >= 0.6 is 0 Å². The summed E-state index contributed by atoms with van der Waals surface area (Å²) in [7, 11) is 0. The molecule has 2 fully saturated rings. The average Bonchev–Trinajstić information content (AvgIpc) is 2.48. The maximum Gasteiger partial charge on any atom is 0.326 e. The van der Waals surface area contributed by atoms with Crippen LogP contribution in [0.3, 0.4) is 0 Å². The van der Waals surface area contributed by atoms with E-state index in [2.05, 4.69) is 10.6 Å². The summed E-state index contributed by atoms with van der Waals surface area (Å²) in [5.74, 6) is -0.825. The first-order chi connectivity index (χ1) is 10.0. The molecule has 0 aromatic heterocycles. The standard InChI is InChI=1S/C14H23N3O4/c1-2-9-5-7-17(11(8-9)13(19)20)14(21)16-10-4-3-6-15-12(10)18/h9-11H,2-8H2,1H3,(H,15,18)(H,16,21)(H,19,20). The van der Waals surface area contributed by atoms with Gasteiger partial charge in [-0.15, -0.1) is 0 Å². The molecule has 0 aromatic carbocycles. The van der Waals surface area contributed by atoms with Crippen LogP contribution in [0.25, 0.3) is 0 Å². The number of carboxylic acids is 1. The molecule has 3 atom stereocenters. The van der Waals surface area contributed by atoms with E-state index in [0.29, 0.717) is 31.8 Å². The normalized spacial score (nSPS) is 29.7. The van der Waals surface area contributed by atoms with Gasteiger partial charge in [0.1, 0.15) is 12.1 Å². The molecule has 2 aliphatic heterocycles. The van der Waals surface area contributed by atoms with Crippen LogP contribution < -0.4 is 10.6 Å². The predicted molar refractivity (Wildman–Crippen MR) is 75.7 cm³/mol. The van der Waals surface area contributed by atoms with E-state index in [1.165, 1.54) is 4.90 Å². The molecule has 7 heteroatoms. The average molecular weight is 297 g/mol. The third kappa shape index (κ3) is 3.65. The van der Waals surface area contributed by atoms with Crippen molar-refractivity contribution in [3.63, 3.8) is 0 Å². The van der Waals surface area contributed by atoms with Gasteiger partial charge in [0.15, 0.2) is 0 Å². The quantitative estimate of drug-likeness (QED) is 0.708. The number of carbonyl (C=O) groups excluding carboxylic acids is 2. The van der Waals surface area contributed by atoms with Crippen LogP contribution in [0.5, 0.6) is 0 Å². The molecule has 0 radical (unpaired) electrons. The number of nitrogens with one attached hydrogen (secondary N) is 2. The van der Waals surface area contributed by atoms with Gasteiger partial charge < -0.3 is 20.6 Å². The van der Waals surface area contributed by atoms with E-state index in [0.717, 1.165) is 19.3 Å². The van der Waals surface area contributed by atoms with Gasteiger partial charge in [0.05, 0.1) is 0 Å². The Balaban J connectivity index is 1.99. The molecule has 2 heterocycles. The number of carboxylic acid groups (broad SMARTS) is 1. The van der Waals surface area contributed by atoms with Crippen molar-refractivity contribution in [3.8, 4) is 0 Å². The maximum absolute atomic E-state index is 12.3. The van der Waals surface area contributed by atoms with E-state index in [-0.39, 0.29) is 5.91 Å². The molecule has 7 nitrogen and oxygen atoms in total. The number of urea groups is 1. The highest BCUT2D eigenvalue weighted by Crippen LogP contribution is 2.25. The number of aliphatic carboxylic acids is 1. The van der Waals surface area contributed by atoms with Gasteiger partial charge in [-0.05, 0) is 31.6 Å². The molecule has 2 rings (SSSR count). The molecule has 2 saturated heterocycles. The molecule has 0 aromatic rings. The zero-order valence-electron chi connectivity index (χ0n) is 12.3. The van der Waals surface area contributed by atoms with Crippen molar-refractivity contribution >= 4 is 17.9 Å². The van der Waals surface area contributed by atoms with Crippen molar-refractivity contribution in [2.24, 2.45) is 5.92 Å². The van der Waals surface area contributed by atoms with Crippen LogP contribution in [0.4, 0.5) is 4.79 Å². The molecule has 21 heavy (non-hydrogen) atoms. The van der Waals surface area contributed by atoms with E-state index in [4.69, 9.17) is 0 Å². The second kappa shape index (κ2) is 6.78. The van der Waals surface area contributed by atoms with Crippen molar-refractivity contribution in [3.05, 3.63) is 0 Å². The monoisotopic (exact) mass is 297 g/mol. The fourth-order valence-electron chi connectivity index (χ4n) is 3.03. The summed E-state index contributed by atoms with van der Waals surface area (Å²) in [6.07, 6.45) is 3.63. The van der Waals surface area contributed by atoms with Gasteiger partial charge in [0.2, 0.25) is 5.91 Å². The lowest BCUT2D eigenvalue weighted by Crippen LogP contribution is -2.58. The van der Waals surface area contributed by atoms with E-state index >= 15 is 0 Å². The molecular formula is C14H23N3O4. The molecule has 3 amide bonds. The molecule has 0 saturated carbocycles. The van der Waals surface area contributed by atoms with E-state index in [9.17, 15) is 19.5 Å². The van der Waals surface area contributed by atoms with Crippen molar-refractivity contribution in [2.45, 2.75) is 51.1 Å². The molecule has 3 unspecified atom stereocenters. The smallest absolute Gasteiger partial charge is 0.326 e. The van der Waals surface area contributed by atoms with Crippen LogP contribution in [0.1, 0.15) is 39.0 Å². The van der Waals surface area contributed by atoms with Crippen molar-refractivity contribution < 1.29 is 19.5 Å². The number of hydrogen-bond acceptors (Lipinski definition) is 3. The Morgan fingerprint density at radius 1 is 1.43 bits per heavy atom. The number of nitrogens with zero attached hydrogens (tertiary/aromatic N) is 1. The summed E-state index contributed by atoms with van der Waals surface area (Å²) in [4.78, 5) is 36.7. The lowest BCUT2D eigenvalue weighted by atomic mass is 9.89. The van der Waals surface area contributed by atoms with Crippen LogP contribution in [-0.2, 0) is 9.59 Å². The van der Waals surface area contributed by atoms with Crippen molar-refractivity contribution in [1.82, 2.24) is 15.5 Å².